The summed E-state index contributed by atoms with van der Waals surface area (Å²) in [5, 5.41) is 10.6. The number of rotatable bonds is 68. The van der Waals surface area contributed by atoms with Crippen LogP contribution < -0.4 is 0 Å². The number of phosphoric ester groups is 2. The van der Waals surface area contributed by atoms with Crippen LogP contribution in [-0.2, 0) is 65.4 Å². The smallest absolute Gasteiger partial charge is 0.462 e. The van der Waals surface area contributed by atoms with Gasteiger partial charge in [0.1, 0.15) is 19.3 Å². The molecule has 0 aliphatic carbocycles. The first-order chi connectivity index (χ1) is 42.7. The van der Waals surface area contributed by atoms with E-state index in [1.54, 1.807) is 0 Å². The van der Waals surface area contributed by atoms with E-state index in [-0.39, 0.29) is 25.7 Å². The lowest BCUT2D eigenvalue weighted by atomic mass is 10.0. The highest BCUT2D eigenvalue weighted by Crippen LogP contribution is 2.45. The molecule has 528 valence electrons. The van der Waals surface area contributed by atoms with Crippen molar-refractivity contribution < 1.29 is 80.2 Å². The standard InChI is InChI=1S/C70H136O17P2/c1-8-9-10-34-44-51-67(72)80-57-65(86-69(74)54-47-40-33-27-21-15-18-24-30-37-43-50-63(6)7)59-84-88(76,77)82-55-64(71)56-83-89(78,79)85-60-66(58-81-68(73)52-45-38-31-25-20-14-17-23-29-36-42-49-62(4)5)87-70(75)53-46-39-32-26-19-13-11-12-16-22-28-35-41-48-61(2)3/h61-66,71H,8-60H2,1-7H3,(H,76,77)(H,78,79)/t64-,65+,66+/m0/s1. The van der Waals surface area contributed by atoms with Gasteiger partial charge >= 0.3 is 39.5 Å². The number of aliphatic hydroxyl groups is 1. The molecule has 0 saturated carbocycles. The zero-order valence-corrected chi connectivity index (χ0v) is 59.7. The van der Waals surface area contributed by atoms with E-state index in [9.17, 15) is 43.2 Å². The molecule has 2 unspecified atom stereocenters. The maximum Gasteiger partial charge on any atom is 0.472 e. The third-order valence-electron chi connectivity index (χ3n) is 16.1. The Morgan fingerprint density at radius 1 is 0.303 bits per heavy atom. The molecule has 0 aromatic rings. The fraction of sp³-hybridized carbons (Fsp3) is 0.943. The van der Waals surface area contributed by atoms with Gasteiger partial charge in [-0.25, -0.2) is 9.13 Å². The first-order valence-electron chi connectivity index (χ1n) is 36.3. The minimum absolute atomic E-state index is 0.105. The third kappa shape index (κ3) is 64.6. The number of ether oxygens (including phenoxy) is 4. The molecule has 0 spiro atoms. The molecule has 0 aromatic carbocycles. The number of hydrogen-bond acceptors (Lipinski definition) is 15. The van der Waals surface area contributed by atoms with Crippen LogP contribution in [0.4, 0.5) is 0 Å². The van der Waals surface area contributed by atoms with Crippen LogP contribution in [0.15, 0.2) is 0 Å². The molecule has 0 saturated heterocycles. The minimum Gasteiger partial charge on any atom is -0.462 e. The highest BCUT2D eigenvalue weighted by Gasteiger charge is 2.30. The van der Waals surface area contributed by atoms with Crippen LogP contribution in [0.3, 0.4) is 0 Å². The van der Waals surface area contributed by atoms with Crippen molar-refractivity contribution in [3.63, 3.8) is 0 Å². The summed E-state index contributed by atoms with van der Waals surface area (Å²) in [6.45, 7) is 11.8. The number of phosphoric acid groups is 2. The Hall–Kier alpha value is -1.94. The molecule has 0 fully saturated rings. The molecule has 0 bridgehead atoms. The molecule has 0 rings (SSSR count). The minimum atomic E-state index is -4.95. The summed E-state index contributed by atoms with van der Waals surface area (Å²) in [5.74, 6) is 0.187. The Balaban J connectivity index is 5.17. The summed E-state index contributed by atoms with van der Waals surface area (Å²) < 4.78 is 68.1. The van der Waals surface area contributed by atoms with E-state index < -0.39 is 97.5 Å². The summed E-state index contributed by atoms with van der Waals surface area (Å²) >= 11 is 0. The lowest BCUT2D eigenvalue weighted by Gasteiger charge is -2.21. The topological polar surface area (TPSA) is 237 Å². The molecule has 19 heteroatoms. The Kier molecular flexibility index (Phi) is 59.6. The highest BCUT2D eigenvalue weighted by molar-refractivity contribution is 7.47. The van der Waals surface area contributed by atoms with Crippen molar-refractivity contribution in [1.29, 1.82) is 0 Å². The maximum absolute atomic E-state index is 13.0. The van der Waals surface area contributed by atoms with Gasteiger partial charge in [0.15, 0.2) is 12.2 Å². The summed E-state index contributed by atoms with van der Waals surface area (Å²) in [5.41, 5.74) is 0. The molecule has 89 heavy (non-hydrogen) atoms. The Morgan fingerprint density at radius 2 is 0.517 bits per heavy atom. The van der Waals surface area contributed by atoms with Crippen LogP contribution in [0.25, 0.3) is 0 Å². The SMILES string of the molecule is CCCCCCCC(=O)OC[C@H](COP(=O)(O)OC[C@H](O)COP(=O)(O)OC[C@@H](COC(=O)CCCCCCCCCCCCCC(C)C)OC(=O)CCCCCCCCCCCCCCCC(C)C)OC(=O)CCCCCCCCCCCCCC(C)C. The summed E-state index contributed by atoms with van der Waals surface area (Å²) in [6, 6.07) is 0. The second-order valence-corrected chi connectivity index (χ2v) is 29.6. The van der Waals surface area contributed by atoms with Crippen molar-refractivity contribution in [2.75, 3.05) is 39.6 Å². The van der Waals surface area contributed by atoms with Crippen LogP contribution in [0.1, 0.15) is 350 Å². The molecular formula is C70H136O17P2. The van der Waals surface area contributed by atoms with Gasteiger partial charge in [0.05, 0.1) is 26.4 Å². The molecule has 0 heterocycles. The molecular weight excluding hydrogens is 1170 g/mol. The monoisotopic (exact) mass is 1310 g/mol. The molecule has 0 aromatic heterocycles. The quantitative estimate of drug-likeness (QED) is 0.0222. The molecule has 0 radical (unpaired) electrons. The summed E-state index contributed by atoms with van der Waals surface area (Å²) in [4.78, 5) is 72.3. The van der Waals surface area contributed by atoms with Gasteiger partial charge in [-0.1, -0.05) is 299 Å². The molecule has 17 nitrogen and oxygen atoms in total. The van der Waals surface area contributed by atoms with E-state index in [2.05, 4.69) is 48.5 Å². The van der Waals surface area contributed by atoms with E-state index in [1.165, 1.54) is 154 Å². The van der Waals surface area contributed by atoms with E-state index in [0.29, 0.717) is 25.7 Å². The number of unbranched alkanes of at least 4 members (excludes halogenated alkanes) is 36. The van der Waals surface area contributed by atoms with Gasteiger partial charge < -0.3 is 33.8 Å². The van der Waals surface area contributed by atoms with Crippen LogP contribution >= 0.6 is 15.6 Å². The van der Waals surface area contributed by atoms with Crippen molar-refractivity contribution in [2.24, 2.45) is 17.8 Å². The number of carbonyl (C=O) groups excluding carboxylic acids is 4. The highest BCUT2D eigenvalue weighted by atomic mass is 31.2. The zero-order valence-electron chi connectivity index (χ0n) is 57.9. The first-order valence-corrected chi connectivity index (χ1v) is 39.3. The number of hydrogen-bond donors (Lipinski definition) is 3. The summed E-state index contributed by atoms with van der Waals surface area (Å²) in [6.07, 6.45) is 44.7. The maximum atomic E-state index is 13.0. The van der Waals surface area contributed by atoms with Gasteiger partial charge in [-0.15, -0.1) is 0 Å². The van der Waals surface area contributed by atoms with Gasteiger partial charge in [-0.05, 0) is 43.4 Å². The van der Waals surface area contributed by atoms with Gasteiger partial charge in [0.25, 0.3) is 0 Å². The number of esters is 4. The lowest BCUT2D eigenvalue weighted by molar-refractivity contribution is -0.161. The average Bonchev–Trinajstić information content (AvgIpc) is 3.67. The van der Waals surface area contributed by atoms with Crippen LogP contribution in [0.5, 0.6) is 0 Å². The van der Waals surface area contributed by atoms with Gasteiger partial charge in [0.2, 0.25) is 0 Å². The van der Waals surface area contributed by atoms with E-state index in [1.807, 2.05) is 0 Å². The molecule has 5 atom stereocenters. The van der Waals surface area contributed by atoms with Gasteiger partial charge in [-0.3, -0.25) is 37.3 Å². The van der Waals surface area contributed by atoms with E-state index in [4.69, 9.17) is 37.0 Å². The van der Waals surface area contributed by atoms with Gasteiger partial charge in [0, 0.05) is 25.7 Å². The van der Waals surface area contributed by atoms with Crippen molar-refractivity contribution in [1.82, 2.24) is 0 Å². The number of carbonyl (C=O) groups is 4. The van der Waals surface area contributed by atoms with Gasteiger partial charge in [-0.2, -0.15) is 0 Å². The second-order valence-electron chi connectivity index (χ2n) is 26.7. The lowest BCUT2D eigenvalue weighted by Crippen LogP contribution is -2.30. The normalized spacial score (nSPS) is 14.2. The number of aliphatic hydroxyl groups excluding tert-OH is 1. The fourth-order valence-electron chi connectivity index (χ4n) is 10.5. The predicted octanol–water partition coefficient (Wildman–Crippen LogP) is 19.8. The molecule has 0 aliphatic rings. The van der Waals surface area contributed by atoms with Crippen LogP contribution in [0, 0.1) is 17.8 Å². The molecule has 3 N–H and O–H groups in total. The molecule has 0 aliphatic heterocycles. The van der Waals surface area contributed by atoms with E-state index in [0.717, 1.165) is 114 Å². The van der Waals surface area contributed by atoms with Crippen molar-refractivity contribution in [3.05, 3.63) is 0 Å². The van der Waals surface area contributed by atoms with Crippen molar-refractivity contribution in [2.45, 2.75) is 369 Å². The Morgan fingerprint density at radius 3 is 0.764 bits per heavy atom. The Labute approximate surface area is 543 Å². The second kappa shape index (κ2) is 61.0. The average molecular weight is 1310 g/mol. The van der Waals surface area contributed by atoms with Crippen LogP contribution in [-0.4, -0.2) is 96.7 Å². The third-order valence-corrected chi connectivity index (χ3v) is 18.0. The fourth-order valence-corrected chi connectivity index (χ4v) is 12.1. The Bertz CT molecular complexity index is 1750. The predicted molar refractivity (Wildman–Crippen MR) is 358 cm³/mol. The first kappa shape index (κ1) is 87.1. The summed E-state index contributed by atoms with van der Waals surface area (Å²) in [7, 11) is -9.89. The van der Waals surface area contributed by atoms with Crippen molar-refractivity contribution in [3.8, 4) is 0 Å². The van der Waals surface area contributed by atoms with Crippen LogP contribution in [0.2, 0.25) is 0 Å². The van der Waals surface area contributed by atoms with Crippen molar-refractivity contribution >= 4 is 39.5 Å². The van der Waals surface area contributed by atoms with E-state index >= 15 is 0 Å². The largest absolute Gasteiger partial charge is 0.472 e. The molecule has 0 amide bonds. The zero-order chi connectivity index (χ0) is 65.9.